The lowest BCUT2D eigenvalue weighted by atomic mass is 10.00. The van der Waals surface area contributed by atoms with Gasteiger partial charge in [-0.3, -0.25) is 9.69 Å². The van der Waals surface area contributed by atoms with Crippen molar-refractivity contribution in [2.75, 3.05) is 26.3 Å². The highest BCUT2D eigenvalue weighted by molar-refractivity contribution is 5.73. The second-order valence-corrected chi connectivity index (χ2v) is 4.98. The highest BCUT2D eigenvalue weighted by Crippen LogP contribution is 2.18. The molecule has 1 aliphatic rings. The van der Waals surface area contributed by atoms with Crippen molar-refractivity contribution in [3.63, 3.8) is 0 Å². The third kappa shape index (κ3) is 4.65. The van der Waals surface area contributed by atoms with Gasteiger partial charge in [0.15, 0.2) is 0 Å². The van der Waals surface area contributed by atoms with Gasteiger partial charge >= 0.3 is 0 Å². The van der Waals surface area contributed by atoms with Crippen LogP contribution in [0.5, 0.6) is 0 Å². The second-order valence-electron chi connectivity index (χ2n) is 4.98. The van der Waals surface area contributed by atoms with Gasteiger partial charge in [0.2, 0.25) is 5.91 Å². The second kappa shape index (κ2) is 7.26. The maximum absolute atomic E-state index is 10.5. The number of hydrogen-bond donors (Lipinski definition) is 1. The number of fused-ring (bicyclic) bond motifs is 1. The van der Waals surface area contributed by atoms with Crippen LogP contribution in [-0.4, -0.2) is 37.1 Å². The molecule has 4 nitrogen and oxygen atoms in total. The van der Waals surface area contributed by atoms with E-state index in [1.807, 2.05) is 0 Å². The monoisotopic (exact) mass is 262 g/mol. The minimum atomic E-state index is -0.298. The molecule has 0 saturated heterocycles. The highest BCUT2D eigenvalue weighted by Gasteiger charge is 2.14. The van der Waals surface area contributed by atoms with E-state index in [0.29, 0.717) is 19.6 Å². The van der Waals surface area contributed by atoms with Crippen molar-refractivity contribution in [1.82, 2.24) is 4.90 Å². The van der Waals surface area contributed by atoms with Gasteiger partial charge in [0.1, 0.15) is 0 Å². The summed E-state index contributed by atoms with van der Waals surface area (Å²) in [5.41, 5.74) is 7.97. The predicted octanol–water partition coefficient (Wildman–Crippen LogP) is 1.33. The Hall–Kier alpha value is -1.39. The molecule has 0 spiro atoms. The van der Waals surface area contributed by atoms with Crippen LogP contribution in [0.4, 0.5) is 0 Å². The Kier molecular flexibility index (Phi) is 5.36. The van der Waals surface area contributed by atoms with Crippen molar-refractivity contribution in [2.24, 2.45) is 5.73 Å². The van der Waals surface area contributed by atoms with Crippen LogP contribution in [0.3, 0.4) is 0 Å². The summed E-state index contributed by atoms with van der Waals surface area (Å²) >= 11 is 0. The van der Waals surface area contributed by atoms with Crippen LogP contribution in [0.15, 0.2) is 24.3 Å². The number of nitrogens with two attached hydrogens (primary N) is 1. The zero-order chi connectivity index (χ0) is 13.5. The molecule has 0 bridgehead atoms. The molecule has 1 aromatic carbocycles. The lowest BCUT2D eigenvalue weighted by Crippen LogP contribution is -2.31. The minimum absolute atomic E-state index is 0.298. The molecule has 0 aliphatic carbocycles. The molecule has 2 N–H and O–H groups in total. The average Bonchev–Trinajstić information content (AvgIpc) is 2.42. The molecule has 104 valence electrons. The van der Waals surface area contributed by atoms with E-state index < -0.39 is 0 Å². The van der Waals surface area contributed by atoms with Crippen LogP contribution < -0.4 is 5.73 Å². The number of rotatable bonds is 7. The van der Waals surface area contributed by atoms with Gasteiger partial charge in [-0.05, 0) is 24.0 Å². The Labute approximate surface area is 114 Å². The van der Waals surface area contributed by atoms with E-state index in [-0.39, 0.29) is 5.91 Å². The summed E-state index contributed by atoms with van der Waals surface area (Å²) in [7, 11) is 0. The largest absolute Gasteiger partial charge is 0.381 e. The molecule has 19 heavy (non-hydrogen) atoms. The van der Waals surface area contributed by atoms with E-state index in [4.69, 9.17) is 10.5 Å². The van der Waals surface area contributed by atoms with Crippen molar-refractivity contribution in [1.29, 1.82) is 0 Å². The molecule has 1 amide bonds. The SMILES string of the molecule is NC(=O)CCOCCCN1CCc2ccccc2C1. The maximum atomic E-state index is 10.5. The number of carbonyl (C=O) groups excluding carboxylic acids is 1. The first kappa shape index (κ1) is 14.0. The minimum Gasteiger partial charge on any atom is -0.381 e. The Morgan fingerprint density at radius 1 is 1.26 bits per heavy atom. The van der Waals surface area contributed by atoms with E-state index in [1.54, 1.807) is 0 Å². The summed E-state index contributed by atoms with van der Waals surface area (Å²) in [6.45, 7) is 4.35. The summed E-state index contributed by atoms with van der Waals surface area (Å²) in [5.74, 6) is -0.298. The van der Waals surface area contributed by atoms with Crippen LogP contribution >= 0.6 is 0 Å². The quantitative estimate of drug-likeness (QED) is 0.754. The van der Waals surface area contributed by atoms with Gasteiger partial charge < -0.3 is 10.5 Å². The molecular formula is C15H22N2O2. The molecular weight excluding hydrogens is 240 g/mol. The maximum Gasteiger partial charge on any atom is 0.219 e. The summed E-state index contributed by atoms with van der Waals surface area (Å²) in [5, 5.41) is 0. The third-order valence-corrected chi connectivity index (χ3v) is 3.47. The summed E-state index contributed by atoms with van der Waals surface area (Å²) in [6.07, 6.45) is 2.46. The molecule has 1 aliphatic heterocycles. The summed E-state index contributed by atoms with van der Waals surface area (Å²) < 4.78 is 5.38. The Morgan fingerprint density at radius 2 is 2.05 bits per heavy atom. The van der Waals surface area contributed by atoms with Gasteiger partial charge in [-0.25, -0.2) is 0 Å². The smallest absolute Gasteiger partial charge is 0.219 e. The average molecular weight is 262 g/mol. The van der Waals surface area contributed by atoms with Crippen molar-refractivity contribution < 1.29 is 9.53 Å². The van der Waals surface area contributed by atoms with Gasteiger partial charge in [0.25, 0.3) is 0 Å². The number of primary amides is 1. The fourth-order valence-electron chi connectivity index (χ4n) is 2.41. The predicted molar refractivity (Wildman–Crippen MR) is 74.7 cm³/mol. The molecule has 4 heteroatoms. The molecule has 0 aromatic heterocycles. The van der Waals surface area contributed by atoms with Crippen molar-refractivity contribution >= 4 is 5.91 Å². The number of carbonyl (C=O) groups is 1. The van der Waals surface area contributed by atoms with Crippen molar-refractivity contribution in [3.05, 3.63) is 35.4 Å². The van der Waals surface area contributed by atoms with Crippen LogP contribution in [0.2, 0.25) is 0 Å². The van der Waals surface area contributed by atoms with Crippen LogP contribution in [0, 0.1) is 0 Å². The number of ether oxygens (including phenoxy) is 1. The van der Waals surface area contributed by atoms with E-state index in [0.717, 1.165) is 32.5 Å². The molecule has 0 radical (unpaired) electrons. The van der Waals surface area contributed by atoms with Crippen LogP contribution in [0.25, 0.3) is 0 Å². The van der Waals surface area contributed by atoms with Gasteiger partial charge in [-0.2, -0.15) is 0 Å². The summed E-state index contributed by atoms with van der Waals surface area (Å²) in [6, 6.07) is 8.65. The Morgan fingerprint density at radius 3 is 2.84 bits per heavy atom. The third-order valence-electron chi connectivity index (χ3n) is 3.47. The topological polar surface area (TPSA) is 55.6 Å². The number of nitrogens with zero attached hydrogens (tertiary/aromatic N) is 1. The normalized spacial score (nSPS) is 15.2. The lowest BCUT2D eigenvalue weighted by Gasteiger charge is -2.28. The van der Waals surface area contributed by atoms with Gasteiger partial charge in [0.05, 0.1) is 6.61 Å². The number of hydrogen-bond acceptors (Lipinski definition) is 3. The number of benzene rings is 1. The molecule has 0 atom stereocenters. The summed E-state index contributed by atoms with van der Waals surface area (Å²) in [4.78, 5) is 13.0. The van der Waals surface area contributed by atoms with E-state index in [9.17, 15) is 4.79 Å². The first-order valence-electron chi connectivity index (χ1n) is 6.91. The number of amides is 1. The molecule has 0 saturated carbocycles. The van der Waals surface area contributed by atoms with Gasteiger partial charge in [-0.1, -0.05) is 24.3 Å². The van der Waals surface area contributed by atoms with Gasteiger partial charge in [0, 0.05) is 32.7 Å². The standard InChI is InChI=1S/C15H22N2O2/c16-15(18)7-11-19-10-3-8-17-9-6-13-4-1-2-5-14(13)12-17/h1-2,4-5H,3,6-12H2,(H2,16,18). The van der Waals surface area contributed by atoms with Crippen LogP contribution in [-0.2, 0) is 22.5 Å². The zero-order valence-corrected chi connectivity index (χ0v) is 11.3. The first-order valence-corrected chi connectivity index (χ1v) is 6.91. The van der Waals surface area contributed by atoms with Crippen molar-refractivity contribution in [2.45, 2.75) is 25.8 Å². The molecule has 0 unspecified atom stereocenters. The van der Waals surface area contributed by atoms with Crippen LogP contribution in [0.1, 0.15) is 24.0 Å². The molecule has 1 heterocycles. The van der Waals surface area contributed by atoms with Crippen molar-refractivity contribution in [3.8, 4) is 0 Å². The Balaban J connectivity index is 1.62. The molecule has 1 aromatic rings. The molecule has 2 rings (SSSR count). The lowest BCUT2D eigenvalue weighted by molar-refractivity contribution is -0.119. The van der Waals surface area contributed by atoms with Gasteiger partial charge in [-0.15, -0.1) is 0 Å². The van der Waals surface area contributed by atoms with E-state index in [1.165, 1.54) is 11.1 Å². The fraction of sp³-hybridized carbons (Fsp3) is 0.533. The van der Waals surface area contributed by atoms with E-state index in [2.05, 4.69) is 29.2 Å². The molecule has 0 fully saturated rings. The first-order chi connectivity index (χ1) is 9.25. The Bertz CT molecular complexity index is 420. The highest BCUT2D eigenvalue weighted by atomic mass is 16.5. The van der Waals surface area contributed by atoms with E-state index >= 15 is 0 Å². The zero-order valence-electron chi connectivity index (χ0n) is 11.3. The fourth-order valence-corrected chi connectivity index (χ4v) is 2.41.